The maximum Gasteiger partial charge on any atom is 0.0666 e. The number of nitrogens with one attached hydrogen (secondary N) is 1. The van der Waals surface area contributed by atoms with Crippen LogP contribution >= 0.6 is 11.8 Å². The van der Waals surface area contributed by atoms with Crippen LogP contribution in [0.25, 0.3) is 0 Å². The highest BCUT2D eigenvalue weighted by Crippen LogP contribution is 2.25. The Morgan fingerprint density at radius 2 is 2.25 bits per heavy atom. The van der Waals surface area contributed by atoms with E-state index in [9.17, 15) is 0 Å². The van der Waals surface area contributed by atoms with E-state index in [-0.39, 0.29) is 0 Å². The van der Waals surface area contributed by atoms with E-state index in [2.05, 4.69) is 44.3 Å². The van der Waals surface area contributed by atoms with E-state index in [0.29, 0.717) is 12.1 Å². The third-order valence-corrected chi connectivity index (χ3v) is 5.05. The van der Waals surface area contributed by atoms with Gasteiger partial charge in [-0.25, -0.2) is 0 Å². The molecule has 1 aliphatic rings. The summed E-state index contributed by atoms with van der Waals surface area (Å²) in [6, 6.07) is 7.21. The molecule has 0 aromatic heterocycles. The van der Waals surface area contributed by atoms with Gasteiger partial charge in [0, 0.05) is 24.2 Å². The minimum Gasteiger partial charge on any atom is -0.377 e. The highest BCUT2D eigenvalue weighted by Gasteiger charge is 2.18. The Hall–Kier alpha value is -0.510. The van der Waals surface area contributed by atoms with Gasteiger partial charge in [-0.1, -0.05) is 30.7 Å². The van der Waals surface area contributed by atoms with Gasteiger partial charge in [0.05, 0.1) is 6.10 Å². The van der Waals surface area contributed by atoms with Crippen molar-refractivity contribution >= 4 is 11.8 Å². The highest BCUT2D eigenvalue weighted by molar-refractivity contribution is 7.99. The van der Waals surface area contributed by atoms with Crippen LogP contribution in [0, 0.1) is 13.8 Å². The summed E-state index contributed by atoms with van der Waals surface area (Å²) in [5, 5.41) is 3.63. The molecule has 0 amide bonds. The van der Waals surface area contributed by atoms with E-state index in [1.165, 1.54) is 29.5 Å². The summed E-state index contributed by atoms with van der Waals surface area (Å²) in [6.45, 7) is 8.54. The van der Waals surface area contributed by atoms with Crippen LogP contribution in [0.2, 0.25) is 0 Å². The number of rotatable bonds is 7. The van der Waals surface area contributed by atoms with Crippen LogP contribution in [0.3, 0.4) is 0 Å². The van der Waals surface area contributed by atoms with Crippen molar-refractivity contribution in [1.82, 2.24) is 5.32 Å². The molecule has 1 aromatic carbocycles. The van der Waals surface area contributed by atoms with E-state index in [1.54, 1.807) is 0 Å². The number of hydrogen-bond donors (Lipinski definition) is 1. The minimum absolute atomic E-state index is 0.450. The van der Waals surface area contributed by atoms with E-state index < -0.39 is 0 Å². The van der Waals surface area contributed by atoms with Crippen molar-refractivity contribution in [2.75, 3.05) is 24.7 Å². The van der Waals surface area contributed by atoms with Crippen LogP contribution in [0.1, 0.15) is 42.5 Å². The highest BCUT2D eigenvalue weighted by atomic mass is 32.2. The third-order valence-electron chi connectivity index (χ3n) is 3.87. The number of thioether (sulfide) groups is 1. The zero-order valence-electron chi connectivity index (χ0n) is 12.9. The minimum atomic E-state index is 0.450. The average molecular weight is 293 g/mol. The number of ether oxygens (including phenoxy) is 1. The van der Waals surface area contributed by atoms with Gasteiger partial charge in [0.25, 0.3) is 0 Å². The Bertz CT molecular complexity index is 415. The molecule has 0 aliphatic carbocycles. The van der Waals surface area contributed by atoms with Gasteiger partial charge < -0.3 is 10.1 Å². The van der Waals surface area contributed by atoms with Gasteiger partial charge in [-0.05, 0) is 44.4 Å². The number of hydrogen-bond acceptors (Lipinski definition) is 3. The topological polar surface area (TPSA) is 21.3 Å². The van der Waals surface area contributed by atoms with Crippen LogP contribution in [0.15, 0.2) is 18.2 Å². The molecule has 0 spiro atoms. The summed E-state index contributed by atoms with van der Waals surface area (Å²) in [4.78, 5) is 0. The van der Waals surface area contributed by atoms with Crippen molar-refractivity contribution in [2.45, 2.75) is 45.8 Å². The number of benzene rings is 1. The molecule has 2 atom stereocenters. The fourth-order valence-electron chi connectivity index (χ4n) is 2.73. The Kier molecular flexibility index (Phi) is 6.40. The fraction of sp³-hybridized carbons (Fsp3) is 0.647. The quantitative estimate of drug-likeness (QED) is 0.824. The summed E-state index contributed by atoms with van der Waals surface area (Å²) >= 11 is 2.02. The molecule has 20 heavy (non-hydrogen) atoms. The lowest BCUT2D eigenvalue weighted by Crippen LogP contribution is -2.24. The van der Waals surface area contributed by atoms with Crippen LogP contribution in [-0.2, 0) is 4.74 Å². The predicted octanol–water partition coefficient (Wildman–Crippen LogP) is 3.87. The SMILES string of the molecule is CCNC(CSCC1CCCO1)c1cc(C)ccc1C. The van der Waals surface area contributed by atoms with Gasteiger partial charge in [0.1, 0.15) is 0 Å². The van der Waals surface area contributed by atoms with Gasteiger partial charge in [-0.2, -0.15) is 11.8 Å². The molecule has 3 heteroatoms. The molecular weight excluding hydrogens is 266 g/mol. The zero-order chi connectivity index (χ0) is 14.4. The molecule has 112 valence electrons. The van der Waals surface area contributed by atoms with E-state index in [1.807, 2.05) is 11.8 Å². The lowest BCUT2D eigenvalue weighted by molar-refractivity contribution is 0.129. The van der Waals surface area contributed by atoms with Gasteiger partial charge >= 0.3 is 0 Å². The van der Waals surface area contributed by atoms with Crippen LogP contribution in [0.5, 0.6) is 0 Å². The van der Waals surface area contributed by atoms with Crippen molar-refractivity contribution in [3.05, 3.63) is 34.9 Å². The Labute approximate surface area is 127 Å². The van der Waals surface area contributed by atoms with Crippen LogP contribution in [-0.4, -0.2) is 30.8 Å². The smallest absolute Gasteiger partial charge is 0.0666 e. The largest absolute Gasteiger partial charge is 0.377 e. The molecule has 0 saturated carbocycles. The lowest BCUT2D eigenvalue weighted by Gasteiger charge is -2.21. The van der Waals surface area contributed by atoms with Crippen molar-refractivity contribution in [2.24, 2.45) is 0 Å². The van der Waals surface area contributed by atoms with Crippen molar-refractivity contribution in [3.8, 4) is 0 Å². The summed E-state index contributed by atoms with van der Waals surface area (Å²) in [5.74, 6) is 2.25. The molecule has 1 N–H and O–H groups in total. The predicted molar refractivity (Wildman–Crippen MR) is 88.6 cm³/mol. The van der Waals surface area contributed by atoms with E-state index in [0.717, 1.165) is 24.7 Å². The lowest BCUT2D eigenvalue weighted by atomic mass is 10.00. The first-order valence-electron chi connectivity index (χ1n) is 7.70. The average Bonchev–Trinajstić information content (AvgIpc) is 2.94. The fourth-order valence-corrected chi connectivity index (χ4v) is 3.93. The van der Waals surface area contributed by atoms with Gasteiger partial charge in [0.2, 0.25) is 0 Å². The monoisotopic (exact) mass is 293 g/mol. The van der Waals surface area contributed by atoms with Gasteiger partial charge in [-0.15, -0.1) is 0 Å². The summed E-state index contributed by atoms with van der Waals surface area (Å²) in [5.41, 5.74) is 4.18. The first-order valence-corrected chi connectivity index (χ1v) is 8.86. The van der Waals surface area contributed by atoms with Gasteiger partial charge in [-0.3, -0.25) is 0 Å². The maximum atomic E-state index is 5.70. The van der Waals surface area contributed by atoms with Crippen molar-refractivity contribution < 1.29 is 4.74 Å². The van der Waals surface area contributed by atoms with E-state index in [4.69, 9.17) is 4.74 Å². The van der Waals surface area contributed by atoms with E-state index >= 15 is 0 Å². The molecule has 1 aliphatic heterocycles. The second-order valence-corrected chi connectivity index (χ2v) is 6.72. The molecular formula is C17H27NOS. The van der Waals surface area contributed by atoms with Gasteiger partial charge in [0.15, 0.2) is 0 Å². The normalized spacial score (nSPS) is 20.2. The Morgan fingerprint density at radius 3 is 2.95 bits per heavy atom. The summed E-state index contributed by atoms with van der Waals surface area (Å²) < 4.78 is 5.70. The first kappa shape index (κ1) is 15.9. The Morgan fingerprint density at radius 1 is 1.40 bits per heavy atom. The number of aryl methyl sites for hydroxylation is 2. The molecule has 0 bridgehead atoms. The molecule has 2 unspecified atom stereocenters. The molecule has 0 radical (unpaired) electrons. The second kappa shape index (κ2) is 8.06. The van der Waals surface area contributed by atoms with Crippen LogP contribution < -0.4 is 5.32 Å². The Balaban J connectivity index is 1.93. The van der Waals surface area contributed by atoms with Crippen molar-refractivity contribution in [3.63, 3.8) is 0 Å². The van der Waals surface area contributed by atoms with Crippen molar-refractivity contribution in [1.29, 1.82) is 0 Å². The molecule has 1 heterocycles. The maximum absolute atomic E-state index is 5.70. The van der Waals surface area contributed by atoms with Crippen LogP contribution in [0.4, 0.5) is 0 Å². The standard InChI is InChI=1S/C17H27NOS/c1-4-18-17(12-20-11-15-6-5-9-19-15)16-10-13(2)7-8-14(16)3/h7-8,10,15,17-18H,4-6,9,11-12H2,1-3H3. The molecule has 1 aromatic rings. The molecule has 2 rings (SSSR count). The third kappa shape index (κ3) is 4.51. The summed E-state index contributed by atoms with van der Waals surface area (Å²) in [6.07, 6.45) is 2.96. The molecule has 1 saturated heterocycles. The zero-order valence-corrected chi connectivity index (χ0v) is 13.8. The first-order chi connectivity index (χ1) is 9.70. The summed E-state index contributed by atoms with van der Waals surface area (Å²) in [7, 11) is 0. The second-order valence-electron chi connectivity index (χ2n) is 5.64. The molecule has 1 fully saturated rings. The molecule has 2 nitrogen and oxygen atoms in total.